The predicted octanol–water partition coefficient (Wildman–Crippen LogP) is 1.93. The van der Waals surface area contributed by atoms with E-state index in [1.165, 1.54) is 0 Å². The lowest BCUT2D eigenvalue weighted by Crippen LogP contribution is -2.19. The molecule has 2 N–H and O–H groups in total. The monoisotopic (exact) mass is 235 g/mol. The van der Waals surface area contributed by atoms with Crippen molar-refractivity contribution >= 4 is 30.0 Å². The molecule has 3 nitrogen and oxygen atoms in total. The van der Waals surface area contributed by atoms with Gasteiger partial charge in [-0.15, -0.1) is 12.4 Å². The molecule has 78 valence electrons. The summed E-state index contributed by atoms with van der Waals surface area (Å²) >= 11 is 5.72. The highest BCUT2D eigenvalue weighted by Gasteiger charge is 2.04. The van der Waals surface area contributed by atoms with Gasteiger partial charge in [0.15, 0.2) is 0 Å². The van der Waals surface area contributed by atoms with Gasteiger partial charge in [0.1, 0.15) is 5.75 Å². The highest BCUT2D eigenvalue weighted by molar-refractivity contribution is 6.30. The van der Waals surface area contributed by atoms with Gasteiger partial charge >= 0.3 is 5.97 Å². The number of ether oxygens (including phenoxy) is 1. The van der Waals surface area contributed by atoms with Crippen molar-refractivity contribution in [2.75, 3.05) is 6.54 Å². The Labute approximate surface area is 93.6 Å². The molecule has 0 radical (unpaired) electrons. The van der Waals surface area contributed by atoms with E-state index in [1.807, 2.05) is 6.92 Å². The second-order valence-corrected chi connectivity index (χ2v) is 3.02. The van der Waals surface area contributed by atoms with Crippen LogP contribution in [0.5, 0.6) is 5.75 Å². The van der Waals surface area contributed by atoms with Gasteiger partial charge in [-0.05, 0) is 30.7 Å². The highest BCUT2D eigenvalue weighted by atomic mass is 35.5. The zero-order valence-electron chi connectivity index (χ0n) is 7.62. The van der Waals surface area contributed by atoms with Crippen molar-refractivity contribution in [2.45, 2.75) is 6.92 Å². The molecule has 0 aliphatic heterocycles. The molecule has 0 aromatic heterocycles. The Morgan fingerprint density at radius 2 is 2.21 bits per heavy atom. The van der Waals surface area contributed by atoms with Crippen LogP contribution < -0.4 is 10.5 Å². The molecule has 0 fully saturated rings. The molecule has 0 amide bonds. The molecule has 0 saturated carbocycles. The summed E-state index contributed by atoms with van der Waals surface area (Å²) in [6.45, 7) is 1.69. The molecular formula is C9H11Cl2NO2. The predicted molar refractivity (Wildman–Crippen MR) is 58.1 cm³/mol. The lowest BCUT2D eigenvalue weighted by Gasteiger charge is -2.05. The van der Waals surface area contributed by atoms with Gasteiger partial charge in [0.25, 0.3) is 0 Å². The fourth-order valence-corrected chi connectivity index (χ4v) is 1.12. The van der Waals surface area contributed by atoms with Gasteiger partial charge in [0.2, 0.25) is 0 Å². The number of carbonyl (C=O) groups is 1. The van der Waals surface area contributed by atoms with E-state index in [4.69, 9.17) is 22.1 Å². The number of benzene rings is 1. The lowest BCUT2D eigenvalue weighted by atomic mass is 10.2. The summed E-state index contributed by atoms with van der Waals surface area (Å²) in [7, 11) is 0. The first-order valence-electron chi connectivity index (χ1n) is 3.80. The maximum Gasteiger partial charge on any atom is 0.325 e. The number of hydrogen-bond acceptors (Lipinski definition) is 3. The molecule has 1 aromatic carbocycles. The molecule has 5 heteroatoms. The van der Waals surface area contributed by atoms with Gasteiger partial charge in [-0.25, -0.2) is 0 Å². The summed E-state index contributed by atoms with van der Waals surface area (Å²) in [6, 6.07) is 5.03. The summed E-state index contributed by atoms with van der Waals surface area (Å²) in [4.78, 5) is 10.8. The van der Waals surface area contributed by atoms with Crippen molar-refractivity contribution in [1.29, 1.82) is 0 Å². The molecular weight excluding hydrogens is 225 g/mol. The smallest absolute Gasteiger partial charge is 0.325 e. The van der Waals surface area contributed by atoms with Crippen LogP contribution in [0.25, 0.3) is 0 Å². The van der Waals surface area contributed by atoms with Crippen LogP contribution in [0.3, 0.4) is 0 Å². The quantitative estimate of drug-likeness (QED) is 0.630. The number of halogens is 2. The van der Waals surface area contributed by atoms with E-state index >= 15 is 0 Å². The Hall–Kier alpha value is -0.770. The maximum atomic E-state index is 10.8. The molecule has 0 unspecified atom stereocenters. The van der Waals surface area contributed by atoms with Crippen LogP contribution in [0.15, 0.2) is 18.2 Å². The fraction of sp³-hybridized carbons (Fsp3) is 0.222. The molecule has 0 aliphatic rings. The third-order valence-corrected chi connectivity index (χ3v) is 1.76. The molecule has 0 saturated heterocycles. The van der Waals surface area contributed by atoms with Crippen molar-refractivity contribution in [3.8, 4) is 5.75 Å². The van der Waals surface area contributed by atoms with Gasteiger partial charge in [-0.2, -0.15) is 0 Å². The van der Waals surface area contributed by atoms with E-state index in [-0.39, 0.29) is 19.0 Å². The maximum absolute atomic E-state index is 10.8. The average molecular weight is 236 g/mol. The number of esters is 1. The van der Waals surface area contributed by atoms with E-state index in [0.717, 1.165) is 5.56 Å². The lowest BCUT2D eigenvalue weighted by molar-refractivity contribution is -0.132. The standard InChI is InChI=1S/C9H10ClNO2.ClH/c1-6-4-7(10)2-3-8(6)13-9(12)5-11;/h2-4H,5,11H2,1H3;1H. The number of rotatable bonds is 2. The molecule has 1 rings (SSSR count). The minimum Gasteiger partial charge on any atom is -0.425 e. The highest BCUT2D eigenvalue weighted by Crippen LogP contribution is 2.21. The summed E-state index contributed by atoms with van der Waals surface area (Å²) in [5.74, 6) is 0.0465. The molecule has 14 heavy (non-hydrogen) atoms. The second-order valence-electron chi connectivity index (χ2n) is 2.59. The second kappa shape index (κ2) is 5.86. The largest absolute Gasteiger partial charge is 0.425 e. The third kappa shape index (κ3) is 3.54. The van der Waals surface area contributed by atoms with Gasteiger partial charge in [0.05, 0.1) is 6.54 Å². The van der Waals surface area contributed by atoms with Gasteiger partial charge in [-0.1, -0.05) is 11.6 Å². The van der Waals surface area contributed by atoms with Crippen molar-refractivity contribution in [2.24, 2.45) is 5.73 Å². The van der Waals surface area contributed by atoms with Crippen molar-refractivity contribution < 1.29 is 9.53 Å². The van der Waals surface area contributed by atoms with Crippen molar-refractivity contribution in [3.05, 3.63) is 28.8 Å². The van der Waals surface area contributed by atoms with Crippen molar-refractivity contribution in [3.63, 3.8) is 0 Å². The molecule has 0 spiro atoms. The molecule has 0 heterocycles. The number of hydrogen-bond donors (Lipinski definition) is 1. The molecule has 0 aliphatic carbocycles. The van der Waals surface area contributed by atoms with E-state index < -0.39 is 5.97 Å². The Morgan fingerprint density at radius 1 is 1.57 bits per heavy atom. The first-order chi connectivity index (χ1) is 6.13. The summed E-state index contributed by atoms with van der Waals surface area (Å²) in [6.07, 6.45) is 0. The summed E-state index contributed by atoms with van der Waals surface area (Å²) < 4.78 is 4.93. The minimum absolute atomic E-state index is 0. The Kier molecular flexibility index (Phi) is 5.53. The minimum atomic E-state index is -0.453. The van der Waals surface area contributed by atoms with Crippen LogP contribution in [0.4, 0.5) is 0 Å². The van der Waals surface area contributed by atoms with E-state index in [0.29, 0.717) is 10.8 Å². The molecule has 1 aromatic rings. The molecule has 0 atom stereocenters. The van der Waals surface area contributed by atoms with Crippen LogP contribution in [0, 0.1) is 6.92 Å². The van der Waals surface area contributed by atoms with E-state index in [2.05, 4.69) is 0 Å². The zero-order valence-corrected chi connectivity index (χ0v) is 9.19. The SMILES string of the molecule is Cc1cc(Cl)ccc1OC(=O)CN.Cl. The van der Waals surface area contributed by atoms with Crippen LogP contribution >= 0.6 is 24.0 Å². The Bertz CT molecular complexity index is 329. The number of aryl methyl sites for hydroxylation is 1. The zero-order chi connectivity index (χ0) is 9.84. The van der Waals surface area contributed by atoms with Gasteiger partial charge < -0.3 is 10.5 Å². The van der Waals surface area contributed by atoms with Crippen LogP contribution in [-0.4, -0.2) is 12.5 Å². The van der Waals surface area contributed by atoms with E-state index in [9.17, 15) is 4.79 Å². The first kappa shape index (κ1) is 13.2. The van der Waals surface area contributed by atoms with Crippen molar-refractivity contribution in [1.82, 2.24) is 0 Å². The topological polar surface area (TPSA) is 52.3 Å². The summed E-state index contributed by atoms with van der Waals surface area (Å²) in [5, 5.41) is 0.616. The molecule has 0 bridgehead atoms. The Morgan fingerprint density at radius 3 is 2.71 bits per heavy atom. The third-order valence-electron chi connectivity index (χ3n) is 1.53. The summed E-state index contributed by atoms with van der Waals surface area (Å²) in [5.41, 5.74) is 5.91. The first-order valence-corrected chi connectivity index (χ1v) is 4.18. The number of nitrogens with two attached hydrogens (primary N) is 1. The van der Waals surface area contributed by atoms with Crippen LogP contribution in [0.2, 0.25) is 5.02 Å². The van der Waals surface area contributed by atoms with Crippen LogP contribution in [0.1, 0.15) is 5.56 Å². The average Bonchev–Trinajstić information content (AvgIpc) is 2.09. The van der Waals surface area contributed by atoms with Gasteiger partial charge in [0, 0.05) is 5.02 Å². The normalized spacial score (nSPS) is 9.07. The Balaban J connectivity index is 0.00000169. The van der Waals surface area contributed by atoms with Gasteiger partial charge in [-0.3, -0.25) is 4.79 Å². The van der Waals surface area contributed by atoms with Crippen LogP contribution in [-0.2, 0) is 4.79 Å². The number of carbonyl (C=O) groups excluding carboxylic acids is 1. The fourth-order valence-electron chi connectivity index (χ4n) is 0.892. The van der Waals surface area contributed by atoms with E-state index in [1.54, 1.807) is 18.2 Å².